The van der Waals surface area contributed by atoms with Gasteiger partial charge >= 0.3 is 0 Å². The van der Waals surface area contributed by atoms with Gasteiger partial charge in [-0.2, -0.15) is 0 Å². The fourth-order valence-electron chi connectivity index (χ4n) is 1.35. The Bertz CT molecular complexity index is 379. The number of amides is 2. The summed E-state index contributed by atoms with van der Waals surface area (Å²) in [5.74, 6) is -0.580. The molecule has 92 valence electrons. The van der Waals surface area contributed by atoms with E-state index in [0.29, 0.717) is 6.54 Å². The Morgan fingerprint density at radius 2 is 1.88 bits per heavy atom. The number of carbonyl (C=O) groups excluding carboxylic acids is 2. The van der Waals surface area contributed by atoms with Gasteiger partial charge in [-0.25, -0.2) is 0 Å². The van der Waals surface area contributed by atoms with Crippen molar-refractivity contribution in [3.63, 3.8) is 0 Å². The second-order valence-electron chi connectivity index (χ2n) is 3.56. The van der Waals surface area contributed by atoms with Gasteiger partial charge in [0.1, 0.15) is 6.04 Å². The largest absolute Gasteiger partial charge is 0.355 e. The van der Waals surface area contributed by atoms with Crippen LogP contribution in [0.3, 0.4) is 0 Å². The third-order valence-corrected chi connectivity index (χ3v) is 2.24. The number of likely N-dealkylation sites (N-methyl/N-ethyl adjacent to an activating group) is 1. The van der Waals surface area contributed by atoms with Crippen molar-refractivity contribution in [3.8, 4) is 0 Å². The number of nitrogens with two attached hydrogens (primary N) is 1. The van der Waals surface area contributed by atoms with Crippen LogP contribution < -0.4 is 16.4 Å². The lowest BCUT2D eigenvalue weighted by Crippen LogP contribution is -2.40. The second kappa shape index (κ2) is 6.65. The van der Waals surface area contributed by atoms with E-state index in [2.05, 4.69) is 10.6 Å². The van der Waals surface area contributed by atoms with Crippen LogP contribution in [-0.2, 0) is 9.59 Å². The van der Waals surface area contributed by atoms with E-state index in [4.69, 9.17) is 5.73 Å². The minimum absolute atomic E-state index is 0.0484. The van der Waals surface area contributed by atoms with Crippen molar-refractivity contribution in [1.29, 1.82) is 0 Å². The second-order valence-corrected chi connectivity index (χ2v) is 3.56. The summed E-state index contributed by atoms with van der Waals surface area (Å²) in [5, 5.41) is 5.07. The Kier molecular flexibility index (Phi) is 5.16. The van der Waals surface area contributed by atoms with Crippen LogP contribution in [0.1, 0.15) is 18.5 Å². The number of hydrogen-bond donors (Lipinski definition) is 3. The molecule has 1 aromatic rings. The first-order chi connectivity index (χ1) is 8.15. The van der Waals surface area contributed by atoms with E-state index in [0.717, 1.165) is 5.56 Å². The third kappa shape index (κ3) is 4.24. The van der Waals surface area contributed by atoms with Gasteiger partial charge in [0, 0.05) is 6.54 Å². The first-order valence-corrected chi connectivity index (χ1v) is 5.50. The van der Waals surface area contributed by atoms with Crippen molar-refractivity contribution < 1.29 is 9.59 Å². The summed E-state index contributed by atoms with van der Waals surface area (Å²) in [6.07, 6.45) is 0. The van der Waals surface area contributed by atoms with Crippen molar-refractivity contribution in [3.05, 3.63) is 35.9 Å². The lowest BCUT2D eigenvalue weighted by molar-refractivity contribution is -0.126. The lowest BCUT2D eigenvalue weighted by Gasteiger charge is -2.12. The van der Waals surface area contributed by atoms with Gasteiger partial charge in [0.25, 0.3) is 0 Å². The molecule has 0 saturated carbocycles. The summed E-state index contributed by atoms with van der Waals surface area (Å²) in [6.45, 7) is 2.31. The van der Waals surface area contributed by atoms with Gasteiger partial charge in [0.15, 0.2) is 0 Å². The number of carbonyl (C=O) groups is 2. The Morgan fingerprint density at radius 3 is 2.47 bits per heavy atom. The molecule has 5 nitrogen and oxygen atoms in total. The van der Waals surface area contributed by atoms with Crippen LogP contribution in [0.4, 0.5) is 0 Å². The van der Waals surface area contributed by atoms with Crippen molar-refractivity contribution in [2.24, 2.45) is 5.73 Å². The van der Waals surface area contributed by atoms with Gasteiger partial charge in [-0.15, -0.1) is 0 Å². The maximum atomic E-state index is 11.6. The summed E-state index contributed by atoms with van der Waals surface area (Å²) in [4.78, 5) is 22.8. The highest BCUT2D eigenvalue weighted by atomic mass is 16.2. The molecule has 0 fully saturated rings. The summed E-state index contributed by atoms with van der Waals surface area (Å²) in [6, 6.07) is 8.28. The number of hydrogen-bond acceptors (Lipinski definition) is 3. The Morgan fingerprint density at radius 1 is 1.24 bits per heavy atom. The molecule has 0 radical (unpaired) electrons. The molecule has 17 heavy (non-hydrogen) atoms. The fraction of sp³-hybridized carbons (Fsp3) is 0.333. The lowest BCUT2D eigenvalue weighted by atomic mass is 10.1. The monoisotopic (exact) mass is 235 g/mol. The minimum atomic E-state index is -0.745. The van der Waals surface area contributed by atoms with Gasteiger partial charge in [-0.1, -0.05) is 30.3 Å². The van der Waals surface area contributed by atoms with Crippen LogP contribution in [0.2, 0.25) is 0 Å². The molecule has 1 aromatic carbocycles. The van der Waals surface area contributed by atoms with E-state index in [1.54, 1.807) is 12.1 Å². The first kappa shape index (κ1) is 13.2. The summed E-state index contributed by atoms with van der Waals surface area (Å²) in [7, 11) is 0. The van der Waals surface area contributed by atoms with Crippen LogP contribution in [0.25, 0.3) is 0 Å². The summed E-state index contributed by atoms with van der Waals surface area (Å²) < 4.78 is 0. The zero-order chi connectivity index (χ0) is 12.7. The van der Waals surface area contributed by atoms with E-state index >= 15 is 0 Å². The predicted octanol–water partition coefficient (Wildman–Crippen LogP) is -0.0613. The molecular formula is C12H17N3O2. The smallest absolute Gasteiger partial charge is 0.241 e. The Labute approximate surface area is 100 Å². The molecule has 0 unspecified atom stereocenters. The molecule has 4 N–H and O–H groups in total. The van der Waals surface area contributed by atoms with E-state index in [-0.39, 0.29) is 18.4 Å². The van der Waals surface area contributed by atoms with Crippen molar-refractivity contribution in [1.82, 2.24) is 10.6 Å². The van der Waals surface area contributed by atoms with E-state index in [9.17, 15) is 9.59 Å². The SMILES string of the molecule is CCNC(=O)CNC(=O)[C@H](N)c1ccccc1. The topological polar surface area (TPSA) is 84.2 Å². The standard InChI is InChI=1S/C12H17N3O2/c1-2-14-10(16)8-15-12(17)11(13)9-6-4-3-5-7-9/h3-7,11H,2,8,13H2,1H3,(H,14,16)(H,15,17)/t11-/m1/s1. The maximum Gasteiger partial charge on any atom is 0.241 e. The van der Waals surface area contributed by atoms with E-state index < -0.39 is 6.04 Å². The molecule has 0 aromatic heterocycles. The highest BCUT2D eigenvalue weighted by molar-refractivity contribution is 5.87. The molecule has 0 aliphatic heterocycles. The van der Waals surface area contributed by atoms with Crippen LogP contribution in [0.5, 0.6) is 0 Å². The van der Waals surface area contributed by atoms with Gasteiger partial charge in [0.2, 0.25) is 11.8 Å². The van der Waals surface area contributed by atoms with Gasteiger partial charge in [-0.05, 0) is 12.5 Å². The zero-order valence-corrected chi connectivity index (χ0v) is 9.77. The predicted molar refractivity (Wildman–Crippen MR) is 65.1 cm³/mol. The quantitative estimate of drug-likeness (QED) is 0.668. The molecule has 1 rings (SSSR count). The molecule has 0 aliphatic carbocycles. The maximum absolute atomic E-state index is 11.6. The van der Waals surface area contributed by atoms with E-state index in [1.807, 2.05) is 25.1 Å². The minimum Gasteiger partial charge on any atom is -0.355 e. The van der Waals surface area contributed by atoms with Crippen LogP contribution in [-0.4, -0.2) is 24.9 Å². The van der Waals surface area contributed by atoms with E-state index in [1.165, 1.54) is 0 Å². The highest BCUT2D eigenvalue weighted by Gasteiger charge is 2.15. The molecule has 0 heterocycles. The summed E-state index contributed by atoms with van der Waals surface area (Å²) >= 11 is 0. The highest BCUT2D eigenvalue weighted by Crippen LogP contribution is 2.08. The molecular weight excluding hydrogens is 218 g/mol. The Balaban J connectivity index is 2.45. The normalized spacial score (nSPS) is 11.6. The molecule has 2 amide bonds. The van der Waals surface area contributed by atoms with Crippen LogP contribution in [0, 0.1) is 0 Å². The van der Waals surface area contributed by atoms with Crippen molar-refractivity contribution >= 4 is 11.8 Å². The van der Waals surface area contributed by atoms with Gasteiger partial charge in [-0.3, -0.25) is 9.59 Å². The number of nitrogens with one attached hydrogen (secondary N) is 2. The zero-order valence-electron chi connectivity index (χ0n) is 9.77. The molecule has 0 saturated heterocycles. The third-order valence-electron chi connectivity index (χ3n) is 2.24. The molecule has 5 heteroatoms. The Hall–Kier alpha value is -1.88. The molecule has 0 aliphatic rings. The fourth-order valence-corrected chi connectivity index (χ4v) is 1.35. The van der Waals surface area contributed by atoms with Gasteiger partial charge < -0.3 is 16.4 Å². The average Bonchev–Trinajstić information content (AvgIpc) is 2.36. The van der Waals surface area contributed by atoms with Gasteiger partial charge in [0.05, 0.1) is 6.54 Å². The van der Waals surface area contributed by atoms with Crippen LogP contribution >= 0.6 is 0 Å². The molecule has 0 spiro atoms. The van der Waals surface area contributed by atoms with Crippen LogP contribution in [0.15, 0.2) is 30.3 Å². The number of rotatable bonds is 5. The molecule has 1 atom stereocenters. The van der Waals surface area contributed by atoms with Crippen molar-refractivity contribution in [2.75, 3.05) is 13.1 Å². The summed E-state index contributed by atoms with van der Waals surface area (Å²) in [5.41, 5.74) is 6.48. The van der Waals surface area contributed by atoms with Crippen molar-refractivity contribution in [2.45, 2.75) is 13.0 Å². The first-order valence-electron chi connectivity index (χ1n) is 5.50. The number of benzene rings is 1. The molecule has 0 bridgehead atoms. The average molecular weight is 235 g/mol.